The quantitative estimate of drug-likeness (QED) is 0.702. The Labute approximate surface area is 90.3 Å². The Bertz CT molecular complexity index is 313. The van der Waals surface area contributed by atoms with Crippen LogP contribution in [0.5, 0.6) is 0 Å². The molecule has 14 heavy (non-hydrogen) atoms. The molecule has 0 aromatic carbocycles. The summed E-state index contributed by atoms with van der Waals surface area (Å²) in [6.07, 6.45) is 4.56. The predicted octanol–water partition coefficient (Wildman–Crippen LogP) is 3.16. The van der Waals surface area contributed by atoms with Crippen molar-refractivity contribution in [3.05, 3.63) is 17.5 Å². The summed E-state index contributed by atoms with van der Waals surface area (Å²) in [4.78, 5) is 0. The van der Waals surface area contributed by atoms with Crippen molar-refractivity contribution in [3.63, 3.8) is 0 Å². The maximum atomic E-state index is 5.90. The third-order valence-corrected chi connectivity index (χ3v) is 2.89. The lowest BCUT2D eigenvalue weighted by Crippen LogP contribution is -2.09. The maximum absolute atomic E-state index is 5.90. The van der Waals surface area contributed by atoms with Crippen LogP contribution in [0.2, 0.25) is 0 Å². The first-order valence-corrected chi connectivity index (χ1v) is 5.86. The standard InChI is InChI=1S/C11H17ClN2/c1-8(2)7-14-11(9-3-4-9)10(5-12)6-13-14/h6,8-9H,3-5,7H2,1-2H3. The molecule has 1 saturated carbocycles. The third-order valence-electron chi connectivity index (χ3n) is 2.61. The zero-order valence-corrected chi connectivity index (χ0v) is 9.59. The van der Waals surface area contributed by atoms with Gasteiger partial charge in [-0.05, 0) is 18.8 Å². The minimum atomic E-state index is 0.601. The Morgan fingerprint density at radius 1 is 1.57 bits per heavy atom. The Morgan fingerprint density at radius 2 is 2.29 bits per heavy atom. The number of aromatic nitrogens is 2. The molecule has 2 nitrogen and oxygen atoms in total. The van der Waals surface area contributed by atoms with Crippen LogP contribution in [0.1, 0.15) is 43.9 Å². The van der Waals surface area contributed by atoms with E-state index in [9.17, 15) is 0 Å². The molecule has 1 heterocycles. The van der Waals surface area contributed by atoms with E-state index >= 15 is 0 Å². The maximum Gasteiger partial charge on any atom is 0.0536 e. The van der Waals surface area contributed by atoms with Gasteiger partial charge in [-0.15, -0.1) is 11.6 Å². The van der Waals surface area contributed by atoms with Gasteiger partial charge in [-0.1, -0.05) is 13.8 Å². The fraction of sp³-hybridized carbons (Fsp3) is 0.727. The Kier molecular flexibility index (Phi) is 2.82. The van der Waals surface area contributed by atoms with E-state index < -0.39 is 0 Å². The van der Waals surface area contributed by atoms with Crippen LogP contribution in [0.25, 0.3) is 0 Å². The molecule has 0 unspecified atom stereocenters. The van der Waals surface area contributed by atoms with Crippen LogP contribution in [0.15, 0.2) is 6.20 Å². The lowest BCUT2D eigenvalue weighted by Gasteiger charge is -2.10. The van der Waals surface area contributed by atoms with Crippen molar-refractivity contribution in [2.75, 3.05) is 0 Å². The molecule has 0 atom stereocenters. The molecular formula is C11H17ClN2. The predicted molar refractivity (Wildman–Crippen MR) is 58.6 cm³/mol. The van der Waals surface area contributed by atoms with E-state index in [0.29, 0.717) is 11.8 Å². The Hall–Kier alpha value is -0.500. The summed E-state index contributed by atoms with van der Waals surface area (Å²) in [6.45, 7) is 5.46. The van der Waals surface area contributed by atoms with Crippen molar-refractivity contribution in [3.8, 4) is 0 Å². The number of halogens is 1. The molecule has 1 aromatic rings. The van der Waals surface area contributed by atoms with E-state index in [0.717, 1.165) is 12.5 Å². The van der Waals surface area contributed by atoms with Crippen molar-refractivity contribution in [2.24, 2.45) is 5.92 Å². The van der Waals surface area contributed by atoms with Crippen molar-refractivity contribution in [2.45, 2.75) is 45.0 Å². The molecule has 0 aliphatic heterocycles. The third kappa shape index (κ3) is 1.95. The van der Waals surface area contributed by atoms with Gasteiger partial charge in [0, 0.05) is 23.7 Å². The topological polar surface area (TPSA) is 17.8 Å². The minimum Gasteiger partial charge on any atom is -0.269 e. The monoisotopic (exact) mass is 212 g/mol. The zero-order chi connectivity index (χ0) is 10.1. The van der Waals surface area contributed by atoms with E-state index in [1.165, 1.54) is 24.1 Å². The largest absolute Gasteiger partial charge is 0.269 e. The van der Waals surface area contributed by atoms with Gasteiger partial charge in [-0.3, -0.25) is 4.68 Å². The van der Waals surface area contributed by atoms with Crippen LogP contribution in [-0.4, -0.2) is 9.78 Å². The van der Waals surface area contributed by atoms with Crippen molar-refractivity contribution in [1.82, 2.24) is 9.78 Å². The van der Waals surface area contributed by atoms with Gasteiger partial charge >= 0.3 is 0 Å². The highest BCUT2D eigenvalue weighted by Crippen LogP contribution is 2.42. The zero-order valence-electron chi connectivity index (χ0n) is 8.83. The summed E-state index contributed by atoms with van der Waals surface area (Å²) in [5.74, 6) is 1.99. The number of alkyl halides is 1. The molecular weight excluding hydrogens is 196 g/mol. The SMILES string of the molecule is CC(C)Cn1ncc(CCl)c1C1CC1. The molecule has 2 rings (SSSR count). The Morgan fingerprint density at radius 3 is 2.79 bits per heavy atom. The van der Waals surface area contributed by atoms with Crippen molar-refractivity contribution < 1.29 is 0 Å². The van der Waals surface area contributed by atoms with Gasteiger partial charge in [0.15, 0.2) is 0 Å². The van der Waals surface area contributed by atoms with Gasteiger partial charge in [-0.25, -0.2) is 0 Å². The molecule has 1 aliphatic rings. The van der Waals surface area contributed by atoms with Gasteiger partial charge < -0.3 is 0 Å². The van der Waals surface area contributed by atoms with E-state index in [4.69, 9.17) is 11.6 Å². The van der Waals surface area contributed by atoms with Crippen molar-refractivity contribution in [1.29, 1.82) is 0 Å². The summed E-state index contributed by atoms with van der Waals surface area (Å²) >= 11 is 5.90. The van der Waals surface area contributed by atoms with Crippen molar-refractivity contribution >= 4 is 11.6 Å². The van der Waals surface area contributed by atoms with E-state index in [2.05, 4.69) is 23.6 Å². The fourth-order valence-corrected chi connectivity index (χ4v) is 2.06. The number of rotatable bonds is 4. The highest BCUT2D eigenvalue weighted by Gasteiger charge is 2.29. The van der Waals surface area contributed by atoms with Gasteiger partial charge in [0.25, 0.3) is 0 Å². The first kappa shape index (κ1) is 10.0. The minimum absolute atomic E-state index is 0.601. The molecule has 1 aliphatic carbocycles. The first-order chi connectivity index (χ1) is 6.72. The number of nitrogens with zero attached hydrogens (tertiary/aromatic N) is 2. The molecule has 1 fully saturated rings. The fourth-order valence-electron chi connectivity index (χ4n) is 1.86. The van der Waals surface area contributed by atoms with Gasteiger partial charge in [0.1, 0.15) is 0 Å². The average Bonchev–Trinajstić information content (AvgIpc) is 2.88. The Balaban J connectivity index is 2.25. The van der Waals surface area contributed by atoms with E-state index in [-0.39, 0.29) is 0 Å². The molecule has 0 amide bonds. The molecule has 0 bridgehead atoms. The highest BCUT2D eigenvalue weighted by molar-refractivity contribution is 6.17. The molecule has 78 valence electrons. The number of hydrogen-bond acceptors (Lipinski definition) is 1. The molecule has 0 radical (unpaired) electrons. The molecule has 1 aromatic heterocycles. The second-order valence-corrected chi connectivity index (χ2v) is 4.81. The summed E-state index contributed by atoms with van der Waals surface area (Å²) in [5, 5.41) is 4.42. The number of hydrogen-bond donors (Lipinski definition) is 0. The molecule has 0 saturated heterocycles. The van der Waals surface area contributed by atoms with E-state index in [1.54, 1.807) is 0 Å². The smallest absolute Gasteiger partial charge is 0.0536 e. The summed E-state index contributed by atoms with van der Waals surface area (Å²) in [7, 11) is 0. The van der Waals surface area contributed by atoms with Gasteiger partial charge in [0.2, 0.25) is 0 Å². The summed E-state index contributed by atoms with van der Waals surface area (Å²) in [6, 6.07) is 0. The van der Waals surface area contributed by atoms with Gasteiger partial charge in [-0.2, -0.15) is 5.10 Å². The second kappa shape index (κ2) is 3.93. The molecule has 0 spiro atoms. The molecule has 3 heteroatoms. The lowest BCUT2D eigenvalue weighted by atomic mass is 10.1. The van der Waals surface area contributed by atoms with Crippen LogP contribution < -0.4 is 0 Å². The summed E-state index contributed by atoms with van der Waals surface area (Å²) < 4.78 is 2.15. The average molecular weight is 213 g/mol. The van der Waals surface area contributed by atoms with Crippen LogP contribution in [0.3, 0.4) is 0 Å². The van der Waals surface area contributed by atoms with Crippen LogP contribution in [0, 0.1) is 5.92 Å². The van der Waals surface area contributed by atoms with Gasteiger partial charge in [0.05, 0.1) is 12.1 Å². The van der Waals surface area contributed by atoms with Crippen LogP contribution in [0.4, 0.5) is 0 Å². The second-order valence-electron chi connectivity index (χ2n) is 4.54. The highest BCUT2D eigenvalue weighted by atomic mass is 35.5. The van der Waals surface area contributed by atoms with Crippen LogP contribution in [-0.2, 0) is 12.4 Å². The lowest BCUT2D eigenvalue weighted by molar-refractivity contribution is 0.468. The normalized spacial score (nSPS) is 16.6. The van der Waals surface area contributed by atoms with Crippen LogP contribution >= 0.6 is 11.6 Å². The first-order valence-electron chi connectivity index (χ1n) is 5.33. The van der Waals surface area contributed by atoms with E-state index in [1.807, 2.05) is 6.20 Å². The summed E-state index contributed by atoms with van der Waals surface area (Å²) in [5.41, 5.74) is 2.63. The molecule has 0 N–H and O–H groups in total.